The Morgan fingerprint density at radius 1 is 1.47 bits per heavy atom. The van der Waals surface area contributed by atoms with Crippen LogP contribution in [0.3, 0.4) is 0 Å². The number of rotatable bonds is 5. The molecule has 2 unspecified atom stereocenters. The van der Waals surface area contributed by atoms with Crippen molar-refractivity contribution < 1.29 is 14.7 Å². The topological polar surface area (TPSA) is 69.6 Å². The summed E-state index contributed by atoms with van der Waals surface area (Å²) in [5.41, 5.74) is 0. The molecule has 0 radical (unpaired) electrons. The van der Waals surface area contributed by atoms with Crippen LogP contribution in [-0.2, 0) is 4.79 Å². The van der Waals surface area contributed by atoms with Crippen LogP contribution in [0.5, 0.6) is 0 Å². The van der Waals surface area contributed by atoms with Crippen molar-refractivity contribution in [1.82, 2.24) is 10.2 Å². The highest BCUT2D eigenvalue weighted by Gasteiger charge is 2.26. The van der Waals surface area contributed by atoms with E-state index in [0.29, 0.717) is 12.3 Å². The van der Waals surface area contributed by atoms with E-state index in [2.05, 4.69) is 12.2 Å². The van der Waals surface area contributed by atoms with Gasteiger partial charge in [0.25, 0.3) is 0 Å². The number of hydrogen-bond donors (Lipinski definition) is 2. The minimum atomic E-state index is -0.870. The van der Waals surface area contributed by atoms with Crippen molar-refractivity contribution in [2.24, 2.45) is 5.92 Å². The van der Waals surface area contributed by atoms with E-state index in [-0.39, 0.29) is 18.5 Å². The number of carboxylic acid groups (broad SMARTS) is 1. The molecule has 0 aliphatic carbocycles. The van der Waals surface area contributed by atoms with Gasteiger partial charge in [-0.1, -0.05) is 20.3 Å². The lowest BCUT2D eigenvalue weighted by molar-refractivity contribution is -0.137. The van der Waals surface area contributed by atoms with Crippen LogP contribution < -0.4 is 5.32 Å². The van der Waals surface area contributed by atoms with Crippen molar-refractivity contribution in [3.05, 3.63) is 0 Å². The summed E-state index contributed by atoms with van der Waals surface area (Å²) >= 11 is 0. The molecule has 5 nitrogen and oxygen atoms in total. The average Bonchev–Trinajstić information content (AvgIpc) is 2.75. The lowest BCUT2D eigenvalue weighted by Crippen LogP contribution is -2.44. The SMILES string of the molecule is CCC1CCN(C(=O)NC(CC)CC(=O)O)C1. The van der Waals surface area contributed by atoms with Gasteiger partial charge in [-0.3, -0.25) is 4.79 Å². The highest BCUT2D eigenvalue weighted by molar-refractivity contribution is 5.76. The molecule has 0 spiro atoms. The summed E-state index contributed by atoms with van der Waals surface area (Å²) in [5, 5.41) is 11.5. The van der Waals surface area contributed by atoms with Gasteiger partial charge < -0.3 is 15.3 Å². The molecule has 1 heterocycles. The van der Waals surface area contributed by atoms with Gasteiger partial charge in [-0.05, 0) is 18.8 Å². The third kappa shape index (κ3) is 4.24. The van der Waals surface area contributed by atoms with Gasteiger partial charge in [0.15, 0.2) is 0 Å². The summed E-state index contributed by atoms with van der Waals surface area (Å²) in [4.78, 5) is 24.3. The fraction of sp³-hybridized carbons (Fsp3) is 0.833. The van der Waals surface area contributed by atoms with Gasteiger partial charge in [0.05, 0.1) is 6.42 Å². The van der Waals surface area contributed by atoms with Crippen LogP contribution in [0.2, 0.25) is 0 Å². The molecule has 0 aromatic carbocycles. The monoisotopic (exact) mass is 242 g/mol. The summed E-state index contributed by atoms with van der Waals surface area (Å²) < 4.78 is 0. The van der Waals surface area contributed by atoms with Crippen LogP contribution in [0.4, 0.5) is 4.79 Å². The van der Waals surface area contributed by atoms with Gasteiger partial charge in [0.1, 0.15) is 0 Å². The Morgan fingerprint density at radius 3 is 2.65 bits per heavy atom. The molecule has 1 saturated heterocycles. The first-order valence-electron chi connectivity index (χ1n) is 6.34. The summed E-state index contributed by atoms with van der Waals surface area (Å²) in [6.07, 6.45) is 2.78. The first kappa shape index (κ1) is 13.8. The van der Waals surface area contributed by atoms with E-state index in [1.54, 1.807) is 4.90 Å². The number of hydrogen-bond acceptors (Lipinski definition) is 2. The molecule has 0 bridgehead atoms. The van der Waals surface area contributed by atoms with Crippen LogP contribution in [0.15, 0.2) is 0 Å². The fourth-order valence-electron chi connectivity index (χ4n) is 2.12. The van der Waals surface area contributed by atoms with Crippen molar-refractivity contribution >= 4 is 12.0 Å². The number of urea groups is 1. The summed E-state index contributed by atoms with van der Waals surface area (Å²) in [5.74, 6) is -0.273. The van der Waals surface area contributed by atoms with Crippen molar-refractivity contribution in [1.29, 1.82) is 0 Å². The summed E-state index contributed by atoms with van der Waals surface area (Å²) in [6.45, 7) is 5.59. The predicted octanol–water partition coefficient (Wildman–Crippen LogP) is 1.68. The van der Waals surface area contributed by atoms with Gasteiger partial charge in [-0.25, -0.2) is 4.79 Å². The van der Waals surface area contributed by atoms with Crippen LogP contribution in [0.25, 0.3) is 0 Å². The Hall–Kier alpha value is -1.26. The molecule has 2 N–H and O–H groups in total. The third-order valence-corrected chi connectivity index (χ3v) is 3.39. The Morgan fingerprint density at radius 2 is 2.18 bits per heavy atom. The van der Waals surface area contributed by atoms with E-state index >= 15 is 0 Å². The second-order valence-corrected chi connectivity index (χ2v) is 4.66. The maximum atomic E-state index is 11.9. The first-order chi connectivity index (χ1) is 8.06. The summed E-state index contributed by atoms with van der Waals surface area (Å²) in [6, 6.07) is -0.380. The maximum absolute atomic E-state index is 11.9. The van der Waals surface area contributed by atoms with Gasteiger partial charge in [0, 0.05) is 19.1 Å². The number of aliphatic carboxylic acids is 1. The molecule has 1 aliphatic heterocycles. The van der Waals surface area contributed by atoms with Crippen molar-refractivity contribution in [3.63, 3.8) is 0 Å². The molecule has 17 heavy (non-hydrogen) atoms. The zero-order chi connectivity index (χ0) is 12.8. The lowest BCUT2D eigenvalue weighted by atomic mass is 10.1. The molecule has 2 amide bonds. The number of amides is 2. The number of carbonyl (C=O) groups is 2. The Labute approximate surface area is 102 Å². The lowest BCUT2D eigenvalue weighted by Gasteiger charge is -2.21. The molecular formula is C12H22N2O3. The van der Waals surface area contributed by atoms with Crippen molar-refractivity contribution in [2.45, 2.75) is 45.6 Å². The smallest absolute Gasteiger partial charge is 0.317 e. The highest BCUT2D eigenvalue weighted by atomic mass is 16.4. The number of nitrogens with one attached hydrogen (secondary N) is 1. The standard InChI is InChI=1S/C12H22N2O3/c1-3-9-5-6-14(8-9)12(17)13-10(4-2)7-11(15)16/h9-10H,3-8H2,1-2H3,(H,13,17)(H,15,16). The molecule has 1 rings (SSSR count). The Bertz CT molecular complexity index is 281. The number of carbonyl (C=O) groups excluding carboxylic acids is 1. The van der Waals surface area contributed by atoms with Gasteiger partial charge in [0.2, 0.25) is 0 Å². The van der Waals surface area contributed by atoms with Crippen LogP contribution in [-0.4, -0.2) is 41.1 Å². The maximum Gasteiger partial charge on any atom is 0.317 e. The molecule has 5 heteroatoms. The Kier molecular flexibility index (Phi) is 5.25. The number of nitrogens with zero attached hydrogens (tertiary/aromatic N) is 1. The predicted molar refractivity (Wildman–Crippen MR) is 64.8 cm³/mol. The first-order valence-corrected chi connectivity index (χ1v) is 6.34. The normalized spacial score (nSPS) is 21.3. The molecule has 1 fully saturated rings. The van der Waals surface area contributed by atoms with Crippen molar-refractivity contribution in [3.8, 4) is 0 Å². The molecule has 1 aliphatic rings. The Balaban J connectivity index is 2.40. The average molecular weight is 242 g/mol. The van der Waals surface area contributed by atoms with Gasteiger partial charge in [-0.15, -0.1) is 0 Å². The van der Waals surface area contributed by atoms with E-state index in [9.17, 15) is 9.59 Å². The van der Waals surface area contributed by atoms with Crippen LogP contribution in [0.1, 0.15) is 39.5 Å². The summed E-state index contributed by atoms with van der Waals surface area (Å²) in [7, 11) is 0. The molecule has 0 saturated carbocycles. The quantitative estimate of drug-likeness (QED) is 0.770. The molecule has 98 valence electrons. The molecule has 2 atom stereocenters. The highest BCUT2D eigenvalue weighted by Crippen LogP contribution is 2.19. The largest absolute Gasteiger partial charge is 0.481 e. The number of carboxylic acids is 1. The van der Waals surface area contributed by atoms with Gasteiger partial charge in [-0.2, -0.15) is 0 Å². The van der Waals surface area contributed by atoms with E-state index in [4.69, 9.17) is 5.11 Å². The van der Waals surface area contributed by atoms with E-state index in [1.165, 1.54) is 0 Å². The van der Waals surface area contributed by atoms with Crippen LogP contribution >= 0.6 is 0 Å². The van der Waals surface area contributed by atoms with Gasteiger partial charge >= 0.3 is 12.0 Å². The zero-order valence-electron chi connectivity index (χ0n) is 10.6. The molecule has 0 aromatic heterocycles. The van der Waals surface area contributed by atoms with E-state index in [0.717, 1.165) is 25.9 Å². The second kappa shape index (κ2) is 6.47. The molecule has 0 aromatic rings. The van der Waals surface area contributed by atoms with Crippen molar-refractivity contribution in [2.75, 3.05) is 13.1 Å². The minimum Gasteiger partial charge on any atom is -0.481 e. The van der Waals surface area contributed by atoms with E-state index in [1.807, 2.05) is 6.92 Å². The van der Waals surface area contributed by atoms with E-state index < -0.39 is 5.97 Å². The fourth-order valence-corrected chi connectivity index (χ4v) is 2.12. The second-order valence-electron chi connectivity index (χ2n) is 4.66. The zero-order valence-corrected chi connectivity index (χ0v) is 10.6. The number of likely N-dealkylation sites (tertiary alicyclic amines) is 1. The molecular weight excluding hydrogens is 220 g/mol. The third-order valence-electron chi connectivity index (χ3n) is 3.39. The van der Waals surface area contributed by atoms with Crippen LogP contribution in [0, 0.1) is 5.92 Å². The minimum absolute atomic E-state index is 0.00666.